The van der Waals surface area contributed by atoms with Crippen LogP contribution in [0.25, 0.3) is 0 Å². The van der Waals surface area contributed by atoms with Crippen molar-refractivity contribution in [2.75, 3.05) is 19.6 Å². The quantitative estimate of drug-likeness (QED) is 0.848. The molecule has 1 aliphatic heterocycles. The molecule has 0 aromatic heterocycles. The molecule has 1 N–H and O–H groups in total. The monoisotopic (exact) mass is 268 g/mol. The third-order valence-corrected chi connectivity index (χ3v) is 4.53. The number of rotatable bonds is 4. The van der Waals surface area contributed by atoms with Crippen LogP contribution < -0.4 is 5.32 Å². The van der Waals surface area contributed by atoms with Crippen molar-refractivity contribution in [3.8, 4) is 0 Å². The minimum atomic E-state index is -0.00321. The molecule has 2 unspecified atom stereocenters. The molecule has 2 aliphatic rings. The number of ether oxygens (including phenoxy) is 1. The van der Waals surface area contributed by atoms with E-state index in [1.165, 1.54) is 32.1 Å². The molecular formula is C16H32N2O. The third-order valence-electron chi connectivity index (χ3n) is 4.53. The predicted molar refractivity (Wildman–Crippen MR) is 80.5 cm³/mol. The molecule has 0 aromatic rings. The van der Waals surface area contributed by atoms with Crippen molar-refractivity contribution in [1.82, 2.24) is 10.2 Å². The highest BCUT2D eigenvalue weighted by Crippen LogP contribution is 2.22. The smallest absolute Gasteiger partial charge is 0.0757 e. The number of morpholine rings is 1. The fourth-order valence-corrected chi connectivity index (χ4v) is 3.61. The van der Waals surface area contributed by atoms with E-state index in [9.17, 15) is 0 Å². The standard InChI is InChI=1S/C16H32N2O/c1-13(10-17-15-8-6-5-7-9-15)18-11-14(2)19-16(3,4)12-18/h13-15,17H,5-12H2,1-4H3. The molecule has 0 amide bonds. The van der Waals surface area contributed by atoms with Crippen molar-refractivity contribution in [2.45, 2.75) is 83.6 Å². The van der Waals surface area contributed by atoms with E-state index in [0.29, 0.717) is 12.1 Å². The highest BCUT2D eigenvalue weighted by molar-refractivity contribution is 4.86. The average molecular weight is 268 g/mol. The zero-order chi connectivity index (χ0) is 13.9. The molecular weight excluding hydrogens is 236 g/mol. The molecule has 1 heterocycles. The normalized spacial score (nSPS) is 31.3. The lowest BCUT2D eigenvalue weighted by molar-refractivity contribution is -0.136. The average Bonchev–Trinajstić information content (AvgIpc) is 2.34. The Morgan fingerprint density at radius 3 is 2.58 bits per heavy atom. The van der Waals surface area contributed by atoms with Crippen LogP contribution in [0.15, 0.2) is 0 Å². The number of nitrogens with zero attached hydrogens (tertiary/aromatic N) is 1. The van der Waals surface area contributed by atoms with Gasteiger partial charge in [-0.25, -0.2) is 0 Å². The Morgan fingerprint density at radius 2 is 1.95 bits per heavy atom. The van der Waals surface area contributed by atoms with Crippen molar-refractivity contribution in [3.05, 3.63) is 0 Å². The Kier molecular flexibility index (Phi) is 5.27. The number of nitrogens with one attached hydrogen (secondary N) is 1. The molecule has 3 nitrogen and oxygen atoms in total. The molecule has 0 spiro atoms. The van der Waals surface area contributed by atoms with E-state index in [-0.39, 0.29) is 5.60 Å². The first-order valence-corrected chi connectivity index (χ1v) is 8.11. The van der Waals surface area contributed by atoms with Gasteiger partial charge >= 0.3 is 0 Å². The van der Waals surface area contributed by atoms with Crippen molar-refractivity contribution in [2.24, 2.45) is 0 Å². The zero-order valence-electron chi connectivity index (χ0n) is 13.2. The van der Waals surface area contributed by atoms with Crippen LogP contribution in [-0.4, -0.2) is 48.3 Å². The molecule has 19 heavy (non-hydrogen) atoms. The maximum atomic E-state index is 5.99. The van der Waals surface area contributed by atoms with E-state index in [0.717, 1.165) is 25.7 Å². The van der Waals surface area contributed by atoms with Gasteiger partial charge in [-0.15, -0.1) is 0 Å². The Bertz CT molecular complexity index is 274. The van der Waals surface area contributed by atoms with Gasteiger partial charge in [0, 0.05) is 31.7 Å². The van der Waals surface area contributed by atoms with Gasteiger partial charge in [0.2, 0.25) is 0 Å². The summed E-state index contributed by atoms with van der Waals surface area (Å²) in [5, 5.41) is 3.78. The minimum Gasteiger partial charge on any atom is -0.370 e. The minimum absolute atomic E-state index is 0.00321. The molecule has 1 aliphatic carbocycles. The van der Waals surface area contributed by atoms with Gasteiger partial charge in [-0.3, -0.25) is 4.90 Å². The van der Waals surface area contributed by atoms with Crippen LogP contribution >= 0.6 is 0 Å². The van der Waals surface area contributed by atoms with Crippen LogP contribution in [0.2, 0.25) is 0 Å². The Labute approximate surface area is 119 Å². The summed E-state index contributed by atoms with van der Waals surface area (Å²) < 4.78 is 5.99. The summed E-state index contributed by atoms with van der Waals surface area (Å²) >= 11 is 0. The third kappa shape index (κ3) is 4.73. The van der Waals surface area contributed by atoms with E-state index in [4.69, 9.17) is 4.74 Å². The van der Waals surface area contributed by atoms with Crippen LogP contribution in [0.5, 0.6) is 0 Å². The van der Waals surface area contributed by atoms with Crippen LogP contribution in [-0.2, 0) is 4.74 Å². The lowest BCUT2D eigenvalue weighted by atomic mass is 9.95. The summed E-state index contributed by atoms with van der Waals surface area (Å²) in [6, 6.07) is 1.37. The van der Waals surface area contributed by atoms with Gasteiger partial charge in [-0.1, -0.05) is 19.3 Å². The van der Waals surface area contributed by atoms with E-state index in [1.54, 1.807) is 0 Å². The summed E-state index contributed by atoms with van der Waals surface area (Å²) in [5.41, 5.74) is -0.00321. The highest BCUT2D eigenvalue weighted by Gasteiger charge is 2.33. The summed E-state index contributed by atoms with van der Waals surface area (Å²) in [4.78, 5) is 2.59. The van der Waals surface area contributed by atoms with E-state index >= 15 is 0 Å². The molecule has 112 valence electrons. The van der Waals surface area contributed by atoms with E-state index in [1.807, 2.05) is 0 Å². The SMILES string of the molecule is CC1CN(C(C)CNC2CCCCC2)CC(C)(C)O1. The Hall–Kier alpha value is -0.120. The van der Waals surface area contributed by atoms with Crippen molar-refractivity contribution in [1.29, 1.82) is 0 Å². The van der Waals surface area contributed by atoms with Crippen molar-refractivity contribution < 1.29 is 4.74 Å². The first-order chi connectivity index (χ1) is 8.96. The highest BCUT2D eigenvalue weighted by atomic mass is 16.5. The number of hydrogen-bond donors (Lipinski definition) is 1. The van der Waals surface area contributed by atoms with Crippen LogP contribution in [0.4, 0.5) is 0 Å². The van der Waals surface area contributed by atoms with Gasteiger partial charge in [-0.2, -0.15) is 0 Å². The Morgan fingerprint density at radius 1 is 1.26 bits per heavy atom. The van der Waals surface area contributed by atoms with Gasteiger partial charge in [0.05, 0.1) is 11.7 Å². The maximum Gasteiger partial charge on any atom is 0.0757 e. The van der Waals surface area contributed by atoms with Gasteiger partial charge in [0.15, 0.2) is 0 Å². The largest absolute Gasteiger partial charge is 0.370 e. The lowest BCUT2D eigenvalue weighted by Gasteiger charge is -2.44. The topological polar surface area (TPSA) is 24.5 Å². The Balaban J connectivity index is 1.76. The summed E-state index contributed by atoms with van der Waals surface area (Å²) in [6.45, 7) is 12.2. The zero-order valence-corrected chi connectivity index (χ0v) is 13.2. The fourth-order valence-electron chi connectivity index (χ4n) is 3.61. The molecule has 1 saturated heterocycles. The van der Waals surface area contributed by atoms with Gasteiger partial charge in [-0.05, 0) is 40.5 Å². The summed E-state index contributed by atoms with van der Waals surface area (Å²) in [7, 11) is 0. The molecule has 3 heteroatoms. The molecule has 2 rings (SSSR count). The molecule has 0 aromatic carbocycles. The first kappa shape index (κ1) is 15.3. The molecule has 2 fully saturated rings. The summed E-state index contributed by atoms with van der Waals surface area (Å²) in [5.74, 6) is 0. The molecule has 2 atom stereocenters. The van der Waals surface area contributed by atoms with Crippen LogP contribution in [0.1, 0.15) is 59.8 Å². The van der Waals surface area contributed by atoms with Crippen LogP contribution in [0.3, 0.4) is 0 Å². The first-order valence-electron chi connectivity index (χ1n) is 8.11. The van der Waals surface area contributed by atoms with Crippen molar-refractivity contribution in [3.63, 3.8) is 0 Å². The predicted octanol–water partition coefficient (Wildman–Crippen LogP) is 2.80. The molecule has 0 radical (unpaired) electrons. The molecule has 0 bridgehead atoms. The fraction of sp³-hybridized carbons (Fsp3) is 1.00. The van der Waals surface area contributed by atoms with Crippen LogP contribution in [0, 0.1) is 0 Å². The second kappa shape index (κ2) is 6.55. The van der Waals surface area contributed by atoms with Gasteiger partial charge < -0.3 is 10.1 Å². The maximum absolute atomic E-state index is 5.99. The van der Waals surface area contributed by atoms with E-state index < -0.39 is 0 Å². The second-order valence-electron chi connectivity index (χ2n) is 7.21. The summed E-state index contributed by atoms with van der Waals surface area (Å²) in [6.07, 6.45) is 7.35. The van der Waals surface area contributed by atoms with Gasteiger partial charge in [0.1, 0.15) is 0 Å². The lowest BCUT2D eigenvalue weighted by Crippen LogP contribution is -2.56. The van der Waals surface area contributed by atoms with E-state index in [2.05, 4.69) is 37.9 Å². The number of hydrogen-bond acceptors (Lipinski definition) is 3. The van der Waals surface area contributed by atoms with Gasteiger partial charge in [0.25, 0.3) is 0 Å². The van der Waals surface area contributed by atoms with Crippen molar-refractivity contribution >= 4 is 0 Å². The molecule has 1 saturated carbocycles. The second-order valence-corrected chi connectivity index (χ2v) is 7.21.